The maximum atomic E-state index is 11.8. The van der Waals surface area contributed by atoms with E-state index in [1.807, 2.05) is 5.32 Å². The van der Waals surface area contributed by atoms with E-state index in [1.165, 1.54) is 13.8 Å². The summed E-state index contributed by atoms with van der Waals surface area (Å²) < 4.78 is 0. The molecule has 0 aromatic rings. The zero-order valence-corrected chi connectivity index (χ0v) is 13.8. The molecule has 0 heterocycles. The second-order valence-corrected chi connectivity index (χ2v) is 5.35. The number of aliphatic hydroxyl groups is 3. The lowest BCUT2D eigenvalue weighted by atomic mass is 10.1. The highest BCUT2D eigenvalue weighted by Gasteiger charge is 2.27. The Bertz CT molecular complexity index is 496. The summed E-state index contributed by atoms with van der Waals surface area (Å²) in [6, 6.07) is -4.29. The van der Waals surface area contributed by atoms with Crippen molar-refractivity contribution in [2.75, 3.05) is 13.2 Å². The van der Waals surface area contributed by atoms with E-state index in [0.717, 1.165) is 0 Å². The van der Waals surface area contributed by atoms with Crippen molar-refractivity contribution in [3.63, 3.8) is 0 Å². The molecular formula is C13H24N4O8. The molecule has 0 saturated carbocycles. The lowest BCUT2D eigenvalue weighted by molar-refractivity contribution is -0.144. The number of aliphatic hydroxyl groups excluding tert-OH is 3. The first-order valence-electron chi connectivity index (χ1n) is 7.34. The van der Waals surface area contributed by atoms with E-state index < -0.39 is 67.2 Å². The van der Waals surface area contributed by atoms with Gasteiger partial charge in [0.15, 0.2) is 6.04 Å². The molecule has 0 rings (SSSR count). The molecule has 0 aliphatic carbocycles. The van der Waals surface area contributed by atoms with Gasteiger partial charge in [-0.1, -0.05) is 0 Å². The average molecular weight is 364 g/mol. The third-order valence-electron chi connectivity index (χ3n) is 3.13. The van der Waals surface area contributed by atoms with Gasteiger partial charge in [-0.2, -0.15) is 0 Å². The van der Waals surface area contributed by atoms with E-state index in [2.05, 4.69) is 10.6 Å². The molecule has 0 aromatic carbocycles. The van der Waals surface area contributed by atoms with Crippen LogP contribution in [-0.4, -0.2) is 87.6 Å². The Balaban J connectivity index is 4.57. The molecule has 3 amide bonds. The van der Waals surface area contributed by atoms with Crippen LogP contribution in [0.1, 0.15) is 13.8 Å². The number of nitrogens with two attached hydrogens (primary N) is 1. The van der Waals surface area contributed by atoms with Crippen molar-refractivity contribution in [2.45, 2.75) is 44.2 Å². The first-order valence-corrected chi connectivity index (χ1v) is 7.34. The number of amides is 3. The maximum absolute atomic E-state index is 11.8. The number of carbonyl (C=O) groups is 4. The van der Waals surface area contributed by atoms with Crippen molar-refractivity contribution in [2.24, 2.45) is 5.73 Å². The van der Waals surface area contributed by atoms with Crippen LogP contribution in [0.5, 0.6) is 0 Å². The largest absolute Gasteiger partial charge is 0.480 e. The molecule has 0 fully saturated rings. The van der Waals surface area contributed by atoms with Crippen molar-refractivity contribution in [3.05, 3.63) is 0 Å². The summed E-state index contributed by atoms with van der Waals surface area (Å²) in [7, 11) is 0. The van der Waals surface area contributed by atoms with Gasteiger partial charge in [-0.05, 0) is 13.8 Å². The fourth-order valence-corrected chi connectivity index (χ4v) is 1.58. The zero-order chi connectivity index (χ0) is 19.7. The molecule has 0 aliphatic rings. The first kappa shape index (κ1) is 22.7. The Labute approximate surface area is 143 Å². The molecular weight excluding hydrogens is 340 g/mol. The van der Waals surface area contributed by atoms with Crippen LogP contribution in [0.2, 0.25) is 0 Å². The Kier molecular flexibility index (Phi) is 9.59. The summed E-state index contributed by atoms with van der Waals surface area (Å²) in [5.41, 5.74) is 5.38. The van der Waals surface area contributed by atoms with Crippen molar-refractivity contribution in [1.82, 2.24) is 16.0 Å². The fraction of sp³-hybridized carbons (Fsp3) is 0.692. The fourth-order valence-electron chi connectivity index (χ4n) is 1.58. The van der Waals surface area contributed by atoms with Crippen LogP contribution in [-0.2, 0) is 19.2 Å². The van der Waals surface area contributed by atoms with Gasteiger partial charge in [-0.3, -0.25) is 14.4 Å². The number of hydrogen-bond acceptors (Lipinski definition) is 8. The van der Waals surface area contributed by atoms with E-state index in [4.69, 9.17) is 15.9 Å². The van der Waals surface area contributed by atoms with Crippen molar-refractivity contribution >= 4 is 23.7 Å². The summed E-state index contributed by atoms with van der Waals surface area (Å²) >= 11 is 0. The Morgan fingerprint density at radius 3 is 1.96 bits per heavy atom. The number of rotatable bonds is 10. The molecule has 0 radical (unpaired) electrons. The van der Waals surface area contributed by atoms with Crippen molar-refractivity contribution in [1.29, 1.82) is 0 Å². The Morgan fingerprint density at radius 1 is 1.00 bits per heavy atom. The minimum absolute atomic E-state index is 0.649. The molecule has 5 atom stereocenters. The molecule has 25 heavy (non-hydrogen) atoms. The SMILES string of the molecule is CC(O)C(N)C(=O)NC(CO)C(=O)NCC(=O)NC(C(=O)O)C(C)O. The summed E-state index contributed by atoms with van der Waals surface area (Å²) in [5.74, 6) is -4.16. The zero-order valence-electron chi connectivity index (χ0n) is 13.8. The lowest BCUT2D eigenvalue weighted by Crippen LogP contribution is -2.57. The highest BCUT2D eigenvalue weighted by molar-refractivity contribution is 5.92. The summed E-state index contributed by atoms with van der Waals surface area (Å²) in [4.78, 5) is 45.9. The van der Waals surface area contributed by atoms with E-state index in [0.29, 0.717) is 0 Å². The molecule has 0 saturated heterocycles. The van der Waals surface area contributed by atoms with Crippen LogP contribution in [0.3, 0.4) is 0 Å². The topological polar surface area (TPSA) is 211 Å². The van der Waals surface area contributed by atoms with Crippen molar-refractivity contribution < 1.29 is 39.6 Å². The molecule has 0 aromatic heterocycles. The van der Waals surface area contributed by atoms with Gasteiger partial charge in [-0.15, -0.1) is 0 Å². The number of aliphatic carboxylic acids is 1. The highest BCUT2D eigenvalue weighted by atomic mass is 16.4. The molecule has 9 N–H and O–H groups in total. The van der Waals surface area contributed by atoms with Crippen LogP contribution in [0, 0.1) is 0 Å². The summed E-state index contributed by atoms with van der Waals surface area (Å²) in [6.07, 6.45) is -2.54. The molecule has 0 aliphatic heterocycles. The molecule has 12 nitrogen and oxygen atoms in total. The molecule has 144 valence electrons. The predicted octanol–water partition coefficient (Wildman–Crippen LogP) is -4.76. The third-order valence-corrected chi connectivity index (χ3v) is 3.13. The quantitative estimate of drug-likeness (QED) is 0.187. The van der Waals surface area contributed by atoms with Gasteiger partial charge in [0.2, 0.25) is 17.7 Å². The predicted molar refractivity (Wildman–Crippen MR) is 82.9 cm³/mol. The lowest BCUT2D eigenvalue weighted by Gasteiger charge is -2.20. The van der Waals surface area contributed by atoms with Crippen LogP contribution < -0.4 is 21.7 Å². The standard InChI is InChI=1S/C13H24N4O8/c1-5(19)9(14)12(23)16-7(4-18)11(22)15-3-8(21)17-10(6(2)20)13(24)25/h5-7,9-10,18-20H,3-4,14H2,1-2H3,(H,15,22)(H,16,23)(H,17,21)(H,24,25). The maximum Gasteiger partial charge on any atom is 0.328 e. The van der Waals surface area contributed by atoms with Crippen LogP contribution >= 0.6 is 0 Å². The number of carboxylic acid groups (broad SMARTS) is 1. The third kappa shape index (κ3) is 7.89. The molecule has 12 heteroatoms. The smallest absolute Gasteiger partial charge is 0.328 e. The van der Waals surface area contributed by atoms with E-state index in [9.17, 15) is 29.4 Å². The minimum atomic E-state index is -1.55. The second kappa shape index (κ2) is 10.6. The van der Waals surface area contributed by atoms with Gasteiger partial charge in [0.25, 0.3) is 0 Å². The molecule has 0 spiro atoms. The van der Waals surface area contributed by atoms with E-state index in [-0.39, 0.29) is 0 Å². The monoisotopic (exact) mass is 364 g/mol. The van der Waals surface area contributed by atoms with Crippen LogP contribution in [0.25, 0.3) is 0 Å². The van der Waals surface area contributed by atoms with Gasteiger partial charge < -0.3 is 42.1 Å². The Morgan fingerprint density at radius 2 is 1.56 bits per heavy atom. The van der Waals surface area contributed by atoms with Gasteiger partial charge in [0, 0.05) is 0 Å². The number of nitrogens with one attached hydrogen (secondary N) is 3. The number of carboxylic acids is 1. The van der Waals surface area contributed by atoms with Gasteiger partial charge in [0.05, 0.1) is 25.4 Å². The summed E-state index contributed by atoms with van der Waals surface area (Å²) in [6.45, 7) is 0.991. The highest BCUT2D eigenvalue weighted by Crippen LogP contribution is 1.94. The first-order chi connectivity index (χ1) is 11.5. The van der Waals surface area contributed by atoms with Gasteiger partial charge in [-0.25, -0.2) is 4.79 Å². The van der Waals surface area contributed by atoms with Gasteiger partial charge in [0.1, 0.15) is 12.1 Å². The normalized spacial score (nSPS) is 16.7. The summed E-state index contributed by atoms with van der Waals surface area (Å²) in [5, 5.41) is 42.6. The minimum Gasteiger partial charge on any atom is -0.480 e. The van der Waals surface area contributed by atoms with E-state index in [1.54, 1.807) is 0 Å². The van der Waals surface area contributed by atoms with Crippen molar-refractivity contribution in [3.8, 4) is 0 Å². The average Bonchev–Trinajstić information content (AvgIpc) is 2.53. The Hall–Kier alpha value is -2.28. The number of hydrogen-bond donors (Lipinski definition) is 8. The van der Waals surface area contributed by atoms with Gasteiger partial charge >= 0.3 is 5.97 Å². The van der Waals surface area contributed by atoms with Crippen LogP contribution in [0.15, 0.2) is 0 Å². The molecule has 5 unspecified atom stereocenters. The molecule has 0 bridgehead atoms. The second-order valence-electron chi connectivity index (χ2n) is 5.35. The van der Waals surface area contributed by atoms with E-state index >= 15 is 0 Å². The number of carbonyl (C=O) groups excluding carboxylic acids is 3. The van der Waals surface area contributed by atoms with Crippen LogP contribution in [0.4, 0.5) is 0 Å².